The topological polar surface area (TPSA) is 84.4 Å². The summed E-state index contributed by atoms with van der Waals surface area (Å²) in [7, 11) is -3.82. The van der Waals surface area contributed by atoms with Gasteiger partial charge in [-0.25, -0.2) is 0 Å². The largest absolute Gasteiger partial charge is 0.369 e. The van der Waals surface area contributed by atoms with Gasteiger partial charge in [-0.1, -0.05) is 23.2 Å². The summed E-state index contributed by atoms with van der Waals surface area (Å²) < 4.78 is 34.4. The number of ether oxygens (including phenoxy) is 1. The molecule has 1 fully saturated rings. The fraction of sp³-hybridized carbons (Fsp3) is 0.462. The zero-order chi connectivity index (χ0) is 16.5. The van der Waals surface area contributed by atoms with Gasteiger partial charge in [-0.2, -0.15) is 13.1 Å². The van der Waals surface area contributed by atoms with Crippen molar-refractivity contribution in [2.45, 2.75) is 31.0 Å². The van der Waals surface area contributed by atoms with E-state index in [0.717, 1.165) is 0 Å². The van der Waals surface area contributed by atoms with Crippen molar-refractivity contribution >= 4 is 39.2 Å². The lowest BCUT2D eigenvalue weighted by Gasteiger charge is -2.27. The predicted molar refractivity (Wildman–Crippen MR) is 86.0 cm³/mol. The molecule has 2 rings (SSSR count). The number of nitrogens with two attached hydrogens (primary N) is 1. The van der Waals surface area contributed by atoms with Crippen molar-refractivity contribution in [3.63, 3.8) is 0 Å². The van der Waals surface area contributed by atoms with E-state index in [1.54, 1.807) is 4.58 Å². The molecule has 122 valence electrons. The number of hydrogen-bond donors (Lipinski definition) is 2. The second-order valence-corrected chi connectivity index (χ2v) is 7.73. The summed E-state index contributed by atoms with van der Waals surface area (Å²) in [5.41, 5.74) is 5.90. The van der Waals surface area contributed by atoms with Crippen LogP contribution in [0, 0.1) is 0 Å². The fourth-order valence-electron chi connectivity index (χ4n) is 2.28. The first-order chi connectivity index (χ1) is 10.2. The molecule has 1 aromatic rings. The number of sulfonamides is 1. The highest BCUT2D eigenvalue weighted by Gasteiger charge is 2.27. The van der Waals surface area contributed by atoms with Gasteiger partial charge >= 0.3 is 16.0 Å². The Bertz CT molecular complexity index is 694. The van der Waals surface area contributed by atoms with Gasteiger partial charge in [0, 0.05) is 0 Å². The first-order valence-electron chi connectivity index (χ1n) is 6.69. The summed E-state index contributed by atoms with van der Waals surface area (Å²) in [6, 6.07) is 4.08. The minimum atomic E-state index is -3.82. The monoisotopic (exact) mass is 366 g/mol. The van der Waals surface area contributed by atoms with E-state index in [9.17, 15) is 8.42 Å². The fourth-order valence-corrected chi connectivity index (χ4v) is 3.69. The molecule has 0 bridgehead atoms. The van der Waals surface area contributed by atoms with E-state index >= 15 is 0 Å². The SMILES string of the molecule is C[C@H]1C[N+](=C(N)NS(=O)(=O)c2ccc(Cl)c(Cl)c2)C[C@H](C)O1. The van der Waals surface area contributed by atoms with Crippen molar-refractivity contribution < 1.29 is 17.7 Å². The summed E-state index contributed by atoms with van der Waals surface area (Å²) in [6.45, 7) is 4.84. The van der Waals surface area contributed by atoms with E-state index < -0.39 is 10.0 Å². The first kappa shape index (κ1) is 17.3. The van der Waals surface area contributed by atoms with Crippen molar-refractivity contribution in [3.05, 3.63) is 28.2 Å². The predicted octanol–water partition coefficient (Wildman–Crippen LogP) is 1.41. The molecular weight excluding hydrogens is 349 g/mol. The molecule has 1 saturated heterocycles. The summed E-state index contributed by atoms with van der Waals surface area (Å²) in [5.74, 6) is 0.0630. The van der Waals surface area contributed by atoms with Gasteiger partial charge in [-0.3, -0.25) is 10.3 Å². The van der Waals surface area contributed by atoms with Crippen LogP contribution < -0.4 is 10.5 Å². The van der Waals surface area contributed by atoms with Crippen LogP contribution in [-0.4, -0.2) is 44.3 Å². The molecule has 0 radical (unpaired) electrons. The third kappa shape index (κ3) is 4.04. The summed E-state index contributed by atoms with van der Waals surface area (Å²) in [5, 5.41) is 0.449. The van der Waals surface area contributed by atoms with Crippen molar-refractivity contribution in [3.8, 4) is 0 Å². The van der Waals surface area contributed by atoms with Gasteiger partial charge in [0.05, 0.1) is 35.3 Å². The van der Waals surface area contributed by atoms with Crippen LogP contribution in [0.15, 0.2) is 23.1 Å². The summed E-state index contributed by atoms with van der Waals surface area (Å²) in [6.07, 6.45) is -0.0615. The Balaban J connectivity index is 2.25. The molecule has 0 aliphatic carbocycles. The van der Waals surface area contributed by atoms with Crippen LogP contribution >= 0.6 is 23.2 Å². The third-order valence-electron chi connectivity index (χ3n) is 3.20. The van der Waals surface area contributed by atoms with Gasteiger partial charge in [0.1, 0.15) is 4.90 Å². The van der Waals surface area contributed by atoms with E-state index in [1.165, 1.54) is 18.2 Å². The van der Waals surface area contributed by atoms with Gasteiger partial charge in [0.15, 0.2) is 0 Å². The molecule has 6 nitrogen and oxygen atoms in total. The number of benzene rings is 1. The molecule has 0 amide bonds. The van der Waals surface area contributed by atoms with E-state index in [-0.39, 0.29) is 33.1 Å². The smallest absolute Gasteiger partial charge is 0.358 e. The highest BCUT2D eigenvalue weighted by atomic mass is 35.5. The van der Waals surface area contributed by atoms with Gasteiger partial charge in [-0.05, 0) is 32.0 Å². The molecule has 0 aromatic heterocycles. The van der Waals surface area contributed by atoms with Gasteiger partial charge in [0.2, 0.25) is 0 Å². The molecule has 2 atom stereocenters. The van der Waals surface area contributed by atoms with Crippen molar-refractivity contribution in [2.24, 2.45) is 5.73 Å². The lowest BCUT2D eigenvalue weighted by atomic mass is 10.2. The molecular formula is C13H18Cl2N3O3S+. The average molecular weight is 367 g/mol. The third-order valence-corrected chi connectivity index (χ3v) is 5.29. The van der Waals surface area contributed by atoms with Crippen molar-refractivity contribution in [1.29, 1.82) is 0 Å². The quantitative estimate of drug-likeness (QED) is 0.612. The van der Waals surface area contributed by atoms with Gasteiger partial charge in [0.25, 0.3) is 0 Å². The number of nitrogens with one attached hydrogen (secondary N) is 1. The molecule has 1 heterocycles. The maximum Gasteiger partial charge on any atom is 0.358 e. The Labute approximate surface area is 139 Å². The lowest BCUT2D eigenvalue weighted by molar-refractivity contribution is -0.568. The molecule has 9 heteroatoms. The zero-order valence-corrected chi connectivity index (χ0v) is 14.5. The van der Waals surface area contributed by atoms with E-state index in [0.29, 0.717) is 13.1 Å². The highest BCUT2D eigenvalue weighted by Crippen LogP contribution is 2.24. The van der Waals surface area contributed by atoms with E-state index in [4.69, 9.17) is 33.7 Å². The molecule has 3 N–H and O–H groups in total. The Morgan fingerprint density at radius 3 is 2.41 bits per heavy atom. The van der Waals surface area contributed by atoms with Crippen LogP contribution in [0.5, 0.6) is 0 Å². The van der Waals surface area contributed by atoms with Crippen LogP contribution in [0.4, 0.5) is 0 Å². The standard InChI is InChI=1S/C13H17Cl2N3O3S/c1-8-6-18(7-9(2)21-8)13(16)17-22(19,20)10-3-4-11(14)12(15)5-10/h3-5,8-9H,6-7H2,1-2H3,(H2,16,17)/p+1/t8-,9-/m0/s1. The average Bonchev–Trinajstić information content (AvgIpc) is 2.40. The Hall–Kier alpha value is -1.02. The second-order valence-electron chi connectivity index (χ2n) is 5.23. The number of guanidine groups is 1. The van der Waals surface area contributed by atoms with Crippen molar-refractivity contribution in [2.75, 3.05) is 13.1 Å². The Morgan fingerprint density at radius 2 is 1.86 bits per heavy atom. The summed E-state index contributed by atoms with van der Waals surface area (Å²) >= 11 is 11.6. The first-order valence-corrected chi connectivity index (χ1v) is 8.93. The second kappa shape index (κ2) is 6.62. The van der Waals surface area contributed by atoms with Crippen LogP contribution in [-0.2, 0) is 14.8 Å². The van der Waals surface area contributed by atoms with E-state index in [2.05, 4.69) is 4.72 Å². The number of halogens is 2. The zero-order valence-electron chi connectivity index (χ0n) is 12.2. The minimum absolute atomic E-state index is 0.000735. The normalized spacial score (nSPS) is 22.5. The molecule has 22 heavy (non-hydrogen) atoms. The molecule has 0 spiro atoms. The number of hydrogen-bond acceptors (Lipinski definition) is 3. The van der Waals surface area contributed by atoms with Crippen LogP contribution in [0.1, 0.15) is 13.8 Å². The van der Waals surface area contributed by atoms with Crippen LogP contribution in [0.3, 0.4) is 0 Å². The molecule has 1 aliphatic rings. The maximum atomic E-state index is 12.3. The van der Waals surface area contributed by atoms with Crippen LogP contribution in [0.25, 0.3) is 0 Å². The van der Waals surface area contributed by atoms with Gasteiger partial charge < -0.3 is 4.74 Å². The Kier molecular flexibility index (Phi) is 5.21. The highest BCUT2D eigenvalue weighted by molar-refractivity contribution is 7.90. The molecule has 1 aromatic carbocycles. The number of rotatable bonds is 2. The minimum Gasteiger partial charge on any atom is -0.369 e. The molecule has 1 aliphatic heterocycles. The number of nitrogens with zero attached hydrogens (tertiary/aromatic N) is 1. The Morgan fingerprint density at radius 1 is 1.27 bits per heavy atom. The summed E-state index contributed by atoms with van der Waals surface area (Å²) in [4.78, 5) is -0.000735. The molecule has 0 unspecified atom stereocenters. The molecule has 0 saturated carbocycles. The van der Waals surface area contributed by atoms with Crippen molar-refractivity contribution in [1.82, 2.24) is 4.72 Å². The lowest BCUT2D eigenvalue weighted by Crippen LogP contribution is -2.50. The van der Waals surface area contributed by atoms with Gasteiger partial charge in [-0.15, -0.1) is 0 Å². The van der Waals surface area contributed by atoms with Crippen LogP contribution in [0.2, 0.25) is 10.0 Å². The number of morpholine rings is 1. The maximum absolute atomic E-state index is 12.3. The van der Waals surface area contributed by atoms with E-state index in [1.807, 2.05) is 13.8 Å².